The Morgan fingerprint density at radius 1 is 0.947 bits per heavy atom. The van der Waals surface area contributed by atoms with Crippen molar-refractivity contribution in [1.82, 2.24) is 0 Å². The van der Waals surface area contributed by atoms with Gasteiger partial charge in [-0.1, -0.05) is 79.8 Å². The summed E-state index contributed by atoms with van der Waals surface area (Å²) in [6.07, 6.45) is 0.974. The number of hydrogen-bond acceptors (Lipinski definition) is 1. The lowest BCUT2D eigenvalue weighted by Crippen LogP contribution is -2.46. The molecular weight excluding hydrogens is 248 g/mol. The van der Waals surface area contributed by atoms with Gasteiger partial charge in [-0.3, -0.25) is 4.79 Å². The average molecular weight is 268 g/mol. The van der Waals surface area contributed by atoms with Crippen molar-refractivity contribution >= 4 is 19.5 Å². The maximum absolute atomic E-state index is 11.2. The van der Waals surface area contributed by atoms with Crippen LogP contribution in [0.3, 0.4) is 0 Å². The second-order valence-electron chi connectivity index (χ2n) is 5.56. The molecule has 0 aliphatic carbocycles. The topological polar surface area (TPSA) is 17.1 Å². The molecule has 0 aliphatic heterocycles. The van der Waals surface area contributed by atoms with Gasteiger partial charge in [0.1, 0.15) is 6.29 Å². The summed E-state index contributed by atoms with van der Waals surface area (Å²) >= 11 is 0. The molecule has 0 aliphatic rings. The predicted octanol–water partition coefficient (Wildman–Crippen LogP) is 3.76. The summed E-state index contributed by atoms with van der Waals surface area (Å²) in [5, 5.41) is 1.43. The molecule has 1 atom stereocenters. The maximum Gasteiger partial charge on any atom is 0.150 e. The van der Waals surface area contributed by atoms with Crippen molar-refractivity contribution in [2.45, 2.75) is 25.6 Å². The van der Waals surface area contributed by atoms with Crippen LogP contribution in [-0.2, 0) is 0 Å². The molecule has 2 aromatic carbocycles. The van der Waals surface area contributed by atoms with Gasteiger partial charge in [0.25, 0.3) is 0 Å². The fraction of sp³-hybridized carbons (Fsp3) is 0.235. The second-order valence-corrected chi connectivity index (χ2v) is 10.4. The van der Waals surface area contributed by atoms with E-state index in [9.17, 15) is 4.79 Å². The largest absolute Gasteiger partial charge is 0.298 e. The summed E-state index contributed by atoms with van der Waals surface area (Å²) in [6, 6.07) is 18.6. The third-order valence-electron chi connectivity index (χ3n) is 4.19. The summed E-state index contributed by atoms with van der Waals surface area (Å²) in [5.74, 6) is 0. The van der Waals surface area contributed by atoms with Crippen molar-refractivity contribution in [3.63, 3.8) is 0 Å². The zero-order valence-corrected chi connectivity index (χ0v) is 12.8. The van der Waals surface area contributed by atoms with Gasteiger partial charge in [0, 0.05) is 5.56 Å². The molecule has 2 aromatic rings. The van der Waals surface area contributed by atoms with E-state index in [4.69, 9.17) is 0 Å². The molecule has 98 valence electrons. The Kier molecular flexibility index (Phi) is 4.01. The van der Waals surface area contributed by atoms with Gasteiger partial charge in [0.2, 0.25) is 0 Å². The van der Waals surface area contributed by atoms with Crippen LogP contribution in [0.15, 0.2) is 54.6 Å². The summed E-state index contributed by atoms with van der Waals surface area (Å²) < 4.78 is 0. The fourth-order valence-electron chi connectivity index (χ4n) is 2.52. The van der Waals surface area contributed by atoms with Crippen LogP contribution in [0.5, 0.6) is 0 Å². The minimum atomic E-state index is -1.63. The molecule has 0 aromatic heterocycles. The van der Waals surface area contributed by atoms with Gasteiger partial charge in [-0.25, -0.2) is 0 Å². The highest BCUT2D eigenvalue weighted by Crippen LogP contribution is 2.28. The number of carbonyl (C=O) groups excluding carboxylic acids is 1. The molecule has 0 saturated heterocycles. The fourth-order valence-corrected chi connectivity index (χ4v) is 5.11. The number of hydrogen-bond donors (Lipinski definition) is 0. The van der Waals surface area contributed by atoms with E-state index in [1.165, 1.54) is 10.8 Å². The molecule has 19 heavy (non-hydrogen) atoms. The maximum atomic E-state index is 11.2. The molecule has 1 unspecified atom stereocenters. The van der Waals surface area contributed by atoms with E-state index >= 15 is 0 Å². The van der Waals surface area contributed by atoms with Crippen LogP contribution >= 0.6 is 0 Å². The van der Waals surface area contributed by atoms with Crippen molar-refractivity contribution in [2.24, 2.45) is 0 Å². The Labute approximate surface area is 116 Å². The first kappa shape index (κ1) is 13.8. The molecule has 2 heteroatoms. The molecule has 2 rings (SSSR count). The van der Waals surface area contributed by atoms with Crippen LogP contribution in [0.1, 0.15) is 28.4 Å². The normalized spacial score (nSPS) is 13.0. The highest BCUT2D eigenvalue weighted by Gasteiger charge is 2.32. The molecule has 0 heterocycles. The average Bonchev–Trinajstić information content (AvgIpc) is 2.47. The molecule has 0 bridgehead atoms. The SMILES string of the molecule is CC(c1ccccc1C=O)[Si](C)(C)c1ccccc1. The first-order valence-electron chi connectivity index (χ1n) is 6.67. The molecule has 0 saturated carbocycles. The van der Waals surface area contributed by atoms with Crippen LogP contribution < -0.4 is 5.19 Å². The zero-order valence-electron chi connectivity index (χ0n) is 11.8. The Morgan fingerprint density at radius 2 is 1.53 bits per heavy atom. The molecule has 0 radical (unpaired) electrons. The van der Waals surface area contributed by atoms with E-state index in [1.807, 2.05) is 18.2 Å². The van der Waals surface area contributed by atoms with E-state index in [1.54, 1.807) is 0 Å². The van der Waals surface area contributed by atoms with Gasteiger partial charge in [0.05, 0.1) is 8.07 Å². The lowest BCUT2D eigenvalue weighted by Gasteiger charge is -2.31. The summed E-state index contributed by atoms with van der Waals surface area (Å²) in [4.78, 5) is 11.2. The molecule has 1 nitrogen and oxygen atoms in total. The van der Waals surface area contributed by atoms with Crippen molar-refractivity contribution in [2.75, 3.05) is 0 Å². The van der Waals surface area contributed by atoms with E-state index in [2.05, 4.69) is 56.4 Å². The predicted molar refractivity (Wildman–Crippen MR) is 83.8 cm³/mol. The smallest absolute Gasteiger partial charge is 0.150 e. The Balaban J connectivity index is 2.43. The van der Waals surface area contributed by atoms with Crippen LogP contribution in [0, 0.1) is 0 Å². The second kappa shape index (κ2) is 5.53. The highest BCUT2D eigenvalue weighted by molar-refractivity contribution is 6.90. The number of carbonyl (C=O) groups is 1. The summed E-state index contributed by atoms with van der Waals surface area (Å²) in [7, 11) is -1.63. The quantitative estimate of drug-likeness (QED) is 0.609. The van der Waals surface area contributed by atoms with Crippen molar-refractivity contribution in [3.05, 3.63) is 65.7 Å². The van der Waals surface area contributed by atoms with Gasteiger partial charge in [0.15, 0.2) is 0 Å². The van der Waals surface area contributed by atoms with Gasteiger partial charge in [-0.15, -0.1) is 0 Å². The lowest BCUT2D eigenvalue weighted by atomic mass is 10.1. The zero-order chi connectivity index (χ0) is 13.9. The summed E-state index contributed by atoms with van der Waals surface area (Å²) in [5.41, 5.74) is 2.42. The van der Waals surface area contributed by atoms with Crippen LogP contribution in [0.25, 0.3) is 0 Å². The minimum absolute atomic E-state index is 0.413. The Morgan fingerprint density at radius 3 is 2.16 bits per heavy atom. The minimum Gasteiger partial charge on any atom is -0.298 e. The molecular formula is C17H20OSi. The molecule has 0 amide bonds. The monoisotopic (exact) mass is 268 g/mol. The number of benzene rings is 2. The van der Waals surface area contributed by atoms with Gasteiger partial charge >= 0.3 is 0 Å². The Bertz CT molecular complexity index is 560. The highest BCUT2D eigenvalue weighted by atomic mass is 28.3. The van der Waals surface area contributed by atoms with E-state index in [0.29, 0.717) is 5.54 Å². The molecule has 0 spiro atoms. The van der Waals surface area contributed by atoms with Crippen LogP contribution in [-0.4, -0.2) is 14.4 Å². The number of rotatable bonds is 4. The van der Waals surface area contributed by atoms with Crippen molar-refractivity contribution < 1.29 is 4.79 Å². The summed E-state index contributed by atoms with van der Waals surface area (Å²) in [6.45, 7) is 6.99. The van der Waals surface area contributed by atoms with Gasteiger partial charge in [-0.05, 0) is 11.1 Å². The number of aldehydes is 1. The van der Waals surface area contributed by atoms with E-state index in [0.717, 1.165) is 11.8 Å². The third kappa shape index (κ3) is 2.69. The van der Waals surface area contributed by atoms with Crippen molar-refractivity contribution in [1.29, 1.82) is 0 Å². The third-order valence-corrected chi connectivity index (χ3v) is 8.49. The lowest BCUT2D eigenvalue weighted by molar-refractivity contribution is 0.112. The van der Waals surface area contributed by atoms with E-state index in [-0.39, 0.29) is 0 Å². The standard InChI is InChI=1S/C17H20OSi/c1-14(17-12-8-7-9-15(17)13-18)19(2,3)16-10-5-4-6-11-16/h4-14H,1-3H3. The Hall–Kier alpha value is -1.67. The molecule has 0 N–H and O–H groups in total. The molecule has 0 fully saturated rings. The van der Waals surface area contributed by atoms with Crippen LogP contribution in [0.2, 0.25) is 13.1 Å². The first-order chi connectivity index (χ1) is 9.07. The van der Waals surface area contributed by atoms with Gasteiger partial charge < -0.3 is 0 Å². The first-order valence-corrected chi connectivity index (χ1v) is 9.74. The van der Waals surface area contributed by atoms with E-state index < -0.39 is 8.07 Å². The van der Waals surface area contributed by atoms with Crippen molar-refractivity contribution in [3.8, 4) is 0 Å². The van der Waals surface area contributed by atoms with Crippen LogP contribution in [0.4, 0.5) is 0 Å². The van der Waals surface area contributed by atoms with Gasteiger partial charge in [-0.2, -0.15) is 0 Å².